The van der Waals surface area contributed by atoms with Gasteiger partial charge in [0.15, 0.2) is 0 Å². The van der Waals surface area contributed by atoms with Gasteiger partial charge in [-0.05, 0) is 12.8 Å². The van der Waals surface area contributed by atoms with Crippen molar-refractivity contribution in [2.75, 3.05) is 13.2 Å². The quantitative estimate of drug-likeness (QED) is 0.0692. The Kier molecular flexibility index (Phi) is 30.3. The third-order valence-corrected chi connectivity index (χ3v) is 7.28. The Morgan fingerprint density at radius 2 is 0.595 bits per heavy atom. The number of esters is 2. The van der Waals surface area contributed by atoms with Gasteiger partial charge in [0.25, 0.3) is 0 Å². The lowest BCUT2D eigenvalue weighted by atomic mass is 10.0. The summed E-state index contributed by atoms with van der Waals surface area (Å²) in [6.07, 6.45) is 32.6. The predicted molar refractivity (Wildman–Crippen MR) is 158 cm³/mol. The molecule has 37 heavy (non-hydrogen) atoms. The van der Waals surface area contributed by atoms with E-state index in [9.17, 15) is 9.59 Å². The second kappa shape index (κ2) is 31.2. The minimum atomic E-state index is -0.116. The molecule has 0 aromatic carbocycles. The Balaban J connectivity index is 3.27. The fourth-order valence-corrected chi connectivity index (χ4v) is 4.80. The Hall–Kier alpha value is -1.06. The molecule has 0 aromatic rings. The fraction of sp³-hybridized carbons (Fsp3) is 0.939. The van der Waals surface area contributed by atoms with Gasteiger partial charge in [0.1, 0.15) is 0 Å². The number of hydrogen-bond donors (Lipinski definition) is 0. The SMILES string of the molecule is CCCCCCCCCCCCCCC(=O)OCCCOC(=O)CCCCCCCCCCCCCC. The van der Waals surface area contributed by atoms with Gasteiger partial charge in [-0.15, -0.1) is 0 Å². The minimum Gasteiger partial charge on any atom is -0.466 e. The van der Waals surface area contributed by atoms with Crippen molar-refractivity contribution in [2.24, 2.45) is 0 Å². The van der Waals surface area contributed by atoms with Gasteiger partial charge < -0.3 is 9.47 Å². The molecule has 0 amide bonds. The Morgan fingerprint density at radius 1 is 0.351 bits per heavy atom. The molecule has 0 aromatic heterocycles. The average molecular weight is 525 g/mol. The third-order valence-electron chi connectivity index (χ3n) is 7.28. The zero-order chi connectivity index (χ0) is 27.1. The summed E-state index contributed by atoms with van der Waals surface area (Å²) in [5.74, 6) is -0.232. The molecule has 4 heteroatoms. The molecule has 220 valence electrons. The summed E-state index contributed by atoms with van der Waals surface area (Å²) < 4.78 is 10.5. The lowest BCUT2D eigenvalue weighted by Crippen LogP contribution is -2.10. The molecule has 0 aliphatic rings. The second-order valence-electron chi connectivity index (χ2n) is 11.1. The van der Waals surface area contributed by atoms with Crippen molar-refractivity contribution < 1.29 is 19.1 Å². The molecular formula is C33H64O4. The largest absolute Gasteiger partial charge is 0.466 e. The molecule has 0 N–H and O–H groups in total. The van der Waals surface area contributed by atoms with Crippen molar-refractivity contribution >= 4 is 11.9 Å². The maximum atomic E-state index is 11.8. The zero-order valence-corrected chi connectivity index (χ0v) is 25.1. The predicted octanol–water partition coefficient (Wildman–Crippen LogP) is 10.6. The van der Waals surface area contributed by atoms with Gasteiger partial charge in [0.2, 0.25) is 0 Å². The Bertz CT molecular complexity index is 435. The van der Waals surface area contributed by atoms with E-state index in [1.54, 1.807) is 0 Å². The van der Waals surface area contributed by atoms with Crippen molar-refractivity contribution in [1.29, 1.82) is 0 Å². The van der Waals surface area contributed by atoms with E-state index in [4.69, 9.17) is 9.47 Å². The van der Waals surface area contributed by atoms with Crippen LogP contribution >= 0.6 is 0 Å². The van der Waals surface area contributed by atoms with Crippen molar-refractivity contribution in [1.82, 2.24) is 0 Å². The molecule has 0 saturated heterocycles. The van der Waals surface area contributed by atoms with Crippen LogP contribution < -0.4 is 0 Å². The lowest BCUT2D eigenvalue weighted by molar-refractivity contribution is -0.146. The third kappa shape index (κ3) is 31.1. The number of hydrogen-bond acceptors (Lipinski definition) is 4. The summed E-state index contributed by atoms with van der Waals surface area (Å²) in [5, 5.41) is 0. The molecule has 0 radical (unpaired) electrons. The summed E-state index contributed by atoms with van der Waals surface area (Å²) in [5.41, 5.74) is 0. The molecule has 4 nitrogen and oxygen atoms in total. The Morgan fingerprint density at radius 3 is 0.865 bits per heavy atom. The van der Waals surface area contributed by atoms with Gasteiger partial charge in [0, 0.05) is 19.3 Å². The minimum absolute atomic E-state index is 0.116. The summed E-state index contributed by atoms with van der Waals surface area (Å²) in [6.45, 7) is 5.23. The van der Waals surface area contributed by atoms with Crippen LogP contribution in [0, 0.1) is 0 Å². The monoisotopic (exact) mass is 524 g/mol. The van der Waals surface area contributed by atoms with Crippen LogP contribution in [0.5, 0.6) is 0 Å². The highest BCUT2D eigenvalue weighted by Crippen LogP contribution is 2.14. The molecule has 0 spiro atoms. The maximum Gasteiger partial charge on any atom is 0.305 e. The molecule has 0 aliphatic heterocycles. The van der Waals surface area contributed by atoms with E-state index in [-0.39, 0.29) is 11.9 Å². The smallest absolute Gasteiger partial charge is 0.305 e. The molecule has 0 unspecified atom stereocenters. The summed E-state index contributed by atoms with van der Waals surface area (Å²) in [6, 6.07) is 0. The first-order chi connectivity index (χ1) is 18.2. The van der Waals surface area contributed by atoms with Crippen LogP contribution in [0.25, 0.3) is 0 Å². The topological polar surface area (TPSA) is 52.6 Å². The van der Waals surface area contributed by atoms with Crippen LogP contribution in [-0.4, -0.2) is 25.2 Å². The van der Waals surface area contributed by atoms with Crippen molar-refractivity contribution in [3.05, 3.63) is 0 Å². The summed E-state index contributed by atoms with van der Waals surface area (Å²) >= 11 is 0. The number of rotatable bonds is 30. The molecule has 0 saturated carbocycles. The number of carbonyl (C=O) groups excluding carboxylic acids is 2. The lowest BCUT2D eigenvalue weighted by Gasteiger charge is -2.07. The first kappa shape index (κ1) is 35.9. The highest BCUT2D eigenvalue weighted by atomic mass is 16.5. The van der Waals surface area contributed by atoms with Gasteiger partial charge in [-0.25, -0.2) is 0 Å². The van der Waals surface area contributed by atoms with Crippen molar-refractivity contribution in [2.45, 2.75) is 187 Å². The van der Waals surface area contributed by atoms with Crippen LogP contribution in [0.1, 0.15) is 187 Å². The van der Waals surface area contributed by atoms with E-state index >= 15 is 0 Å². The summed E-state index contributed by atoms with van der Waals surface area (Å²) in [7, 11) is 0. The molecule has 0 atom stereocenters. The van der Waals surface area contributed by atoms with E-state index in [0.717, 1.165) is 25.7 Å². The van der Waals surface area contributed by atoms with Crippen LogP contribution in [0.4, 0.5) is 0 Å². The van der Waals surface area contributed by atoms with E-state index in [1.807, 2.05) is 0 Å². The Labute approximate surface area is 231 Å². The molecule has 0 bridgehead atoms. The van der Waals surface area contributed by atoms with E-state index < -0.39 is 0 Å². The van der Waals surface area contributed by atoms with Crippen LogP contribution in [0.2, 0.25) is 0 Å². The van der Waals surface area contributed by atoms with Crippen LogP contribution in [-0.2, 0) is 19.1 Å². The van der Waals surface area contributed by atoms with Crippen molar-refractivity contribution in [3.8, 4) is 0 Å². The molecule has 0 rings (SSSR count). The zero-order valence-electron chi connectivity index (χ0n) is 25.1. The van der Waals surface area contributed by atoms with Crippen LogP contribution in [0.3, 0.4) is 0 Å². The molecular weight excluding hydrogens is 460 g/mol. The van der Waals surface area contributed by atoms with Gasteiger partial charge in [0.05, 0.1) is 13.2 Å². The van der Waals surface area contributed by atoms with Crippen molar-refractivity contribution in [3.63, 3.8) is 0 Å². The highest BCUT2D eigenvalue weighted by molar-refractivity contribution is 5.69. The van der Waals surface area contributed by atoms with E-state index in [0.29, 0.717) is 32.5 Å². The van der Waals surface area contributed by atoms with E-state index in [2.05, 4.69) is 13.8 Å². The van der Waals surface area contributed by atoms with Gasteiger partial charge in [-0.1, -0.05) is 155 Å². The van der Waals surface area contributed by atoms with Gasteiger partial charge in [-0.2, -0.15) is 0 Å². The molecule has 0 heterocycles. The van der Waals surface area contributed by atoms with Crippen LogP contribution in [0.15, 0.2) is 0 Å². The second-order valence-corrected chi connectivity index (χ2v) is 11.1. The van der Waals surface area contributed by atoms with E-state index in [1.165, 1.54) is 128 Å². The summed E-state index contributed by atoms with van der Waals surface area (Å²) in [4.78, 5) is 23.7. The molecule has 0 aliphatic carbocycles. The first-order valence-electron chi connectivity index (χ1n) is 16.5. The normalized spacial score (nSPS) is 11.1. The number of ether oxygens (including phenoxy) is 2. The fourth-order valence-electron chi connectivity index (χ4n) is 4.80. The van der Waals surface area contributed by atoms with Gasteiger partial charge in [-0.3, -0.25) is 9.59 Å². The average Bonchev–Trinajstić information content (AvgIpc) is 2.89. The highest BCUT2D eigenvalue weighted by Gasteiger charge is 2.05. The standard InChI is InChI=1S/C33H64O4/c1-3-5-7-9-11-13-15-17-19-21-23-25-28-32(34)36-30-27-31-37-33(35)29-26-24-22-20-18-16-14-12-10-8-6-4-2/h3-31H2,1-2H3. The van der Waals surface area contributed by atoms with Gasteiger partial charge >= 0.3 is 11.9 Å². The number of carbonyl (C=O) groups is 2. The molecule has 0 fully saturated rings. The first-order valence-corrected chi connectivity index (χ1v) is 16.5. The number of unbranched alkanes of at least 4 members (excludes halogenated alkanes) is 22. The maximum absolute atomic E-state index is 11.8.